The summed E-state index contributed by atoms with van der Waals surface area (Å²) < 4.78 is 27.6. The Bertz CT molecular complexity index is 1260. The zero-order chi connectivity index (χ0) is 27.1. The molecule has 1 saturated carbocycles. The molecule has 9 heteroatoms. The number of hydrogen-bond donors (Lipinski definition) is 1. The van der Waals surface area contributed by atoms with Gasteiger partial charge in [-0.25, -0.2) is 14.0 Å². The van der Waals surface area contributed by atoms with Gasteiger partial charge in [0.2, 0.25) is 0 Å². The van der Waals surface area contributed by atoms with E-state index < -0.39 is 29.0 Å². The van der Waals surface area contributed by atoms with Crippen LogP contribution in [0.15, 0.2) is 17.1 Å². The lowest BCUT2D eigenvalue weighted by molar-refractivity contribution is 0.0476. The third kappa shape index (κ3) is 5.60. The average Bonchev–Trinajstić information content (AvgIpc) is 3.64. The van der Waals surface area contributed by atoms with E-state index in [0.29, 0.717) is 29.9 Å². The van der Waals surface area contributed by atoms with Gasteiger partial charge in [0, 0.05) is 13.1 Å². The van der Waals surface area contributed by atoms with Gasteiger partial charge < -0.3 is 19.7 Å². The summed E-state index contributed by atoms with van der Waals surface area (Å²) in [5.41, 5.74) is 1.32. The number of aromatic nitrogens is 1. The van der Waals surface area contributed by atoms with Gasteiger partial charge in [-0.15, -0.1) is 0 Å². The van der Waals surface area contributed by atoms with Crippen LogP contribution in [0.1, 0.15) is 87.7 Å². The number of pyridine rings is 2. The number of piperidine rings is 1. The van der Waals surface area contributed by atoms with Gasteiger partial charge in [0.25, 0.3) is 5.56 Å². The number of amides is 1. The summed E-state index contributed by atoms with van der Waals surface area (Å²) in [6.07, 6.45) is 4.27. The van der Waals surface area contributed by atoms with Crippen LogP contribution in [-0.2, 0) is 9.47 Å². The highest BCUT2D eigenvalue weighted by molar-refractivity contribution is 5.90. The molecule has 3 heterocycles. The highest BCUT2D eigenvalue weighted by atomic mass is 19.1. The lowest BCUT2D eigenvalue weighted by Crippen LogP contribution is -2.53. The molecule has 37 heavy (non-hydrogen) atoms. The van der Waals surface area contributed by atoms with Crippen LogP contribution in [0.3, 0.4) is 0 Å². The Hall–Kier alpha value is -3.10. The van der Waals surface area contributed by atoms with Gasteiger partial charge in [-0.3, -0.25) is 9.20 Å². The number of carbonyl (C=O) groups excluding carboxylic acids is 2. The molecule has 1 amide bonds. The van der Waals surface area contributed by atoms with Gasteiger partial charge in [0.1, 0.15) is 11.2 Å². The van der Waals surface area contributed by atoms with E-state index in [9.17, 15) is 14.4 Å². The van der Waals surface area contributed by atoms with Gasteiger partial charge in [-0.05, 0) is 82.9 Å². The molecular weight excluding hydrogens is 477 g/mol. The molecule has 4 rings (SSSR count). The first-order valence-corrected chi connectivity index (χ1v) is 13.2. The van der Waals surface area contributed by atoms with Gasteiger partial charge >= 0.3 is 12.1 Å². The lowest BCUT2D eigenvalue weighted by atomic mass is 9.88. The Morgan fingerprint density at radius 2 is 1.89 bits per heavy atom. The van der Waals surface area contributed by atoms with Crippen molar-refractivity contribution in [2.24, 2.45) is 5.92 Å². The number of aryl methyl sites for hydroxylation is 1. The molecule has 8 nitrogen and oxygen atoms in total. The Morgan fingerprint density at radius 3 is 2.49 bits per heavy atom. The number of rotatable bonds is 6. The SMILES string of the molecule is CCOC(=O)c1cc(C2CC2)c2c(C)c(N3CC[C@@H](CC)[C@H](NC(=O)OC(C)(C)C)C3)c(F)cn2c1=O. The molecule has 2 aromatic heterocycles. The van der Waals surface area contributed by atoms with Crippen molar-refractivity contribution in [3.8, 4) is 0 Å². The van der Waals surface area contributed by atoms with Crippen LogP contribution < -0.4 is 15.8 Å². The van der Waals surface area contributed by atoms with Crippen LogP contribution in [0.25, 0.3) is 5.52 Å². The minimum absolute atomic E-state index is 0.0711. The van der Waals surface area contributed by atoms with E-state index in [-0.39, 0.29) is 30.0 Å². The highest BCUT2D eigenvalue weighted by Crippen LogP contribution is 2.44. The van der Waals surface area contributed by atoms with E-state index in [4.69, 9.17) is 9.47 Å². The molecule has 2 aliphatic rings. The summed E-state index contributed by atoms with van der Waals surface area (Å²) in [5.74, 6) is -0.776. The maximum atomic E-state index is 15.7. The first-order chi connectivity index (χ1) is 17.4. The molecule has 1 aliphatic heterocycles. The van der Waals surface area contributed by atoms with Crippen molar-refractivity contribution in [1.29, 1.82) is 0 Å². The number of ether oxygens (including phenoxy) is 2. The monoisotopic (exact) mass is 515 g/mol. The summed E-state index contributed by atoms with van der Waals surface area (Å²) >= 11 is 0. The number of carbonyl (C=O) groups is 2. The van der Waals surface area contributed by atoms with E-state index in [1.54, 1.807) is 13.0 Å². The summed E-state index contributed by atoms with van der Waals surface area (Å²) in [7, 11) is 0. The normalized spacial score (nSPS) is 20.1. The minimum Gasteiger partial charge on any atom is -0.462 e. The summed E-state index contributed by atoms with van der Waals surface area (Å²) in [6, 6.07) is 1.43. The fourth-order valence-corrected chi connectivity index (χ4v) is 5.41. The van der Waals surface area contributed by atoms with Crippen LogP contribution in [0, 0.1) is 18.7 Å². The topological polar surface area (TPSA) is 89.3 Å². The smallest absolute Gasteiger partial charge is 0.407 e. The van der Waals surface area contributed by atoms with Gasteiger partial charge in [0.05, 0.1) is 30.0 Å². The van der Waals surface area contributed by atoms with E-state index in [2.05, 4.69) is 12.2 Å². The van der Waals surface area contributed by atoms with Crippen molar-refractivity contribution < 1.29 is 23.5 Å². The Labute approximate surface area is 217 Å². The summed E-state index contributed by atoms with van der Waals surface area (Å²) in [6.45, 7) is 12.2. The van der Waals surface area contributed by atoms with Crippen molar-refractivity contribution in [2.75, 3.05) is 24.6 Å². The average molecular weight is 516 g/mol. The third-order valence-corrected chi connectivity index (χ3v) is 7.25. The van der Waals surface area contributed by atoms with Gasteiger partial charge in [-0.1, -0.05) is 13.3 Å². The fraction of sp³-hybridized carbons (Fsp3) is 0.607. The lowest BCUT2D eigenvalue weighted by Gasteiger charge is -2.40. The molecule has 202 valence electrons. The maximum absolute atomic E-state index is 15.7. The number of nitrogens with zero attached hydrogens (tertiary/aromatic N) is 2. The van der Waals surface area contributed by atoms with Crippen molar-refractivity contribution in [2.45, 2.75) is 84.8 Å². The van der Waals surface area contributed by atoms with E-state index in [0.717, 1.165) is 31.2 Å². The standard InChI is InChI=1S/C28H38FN3O5/c1-7-17-11-12-31(15-22(17)30-27(35)37-28(4,5)6)24-16(3)23-19(18-9-10-18)13-20(26(34)36-8-2)25(33)32(23)14-21(24)29/h13-14,17-18,22H,7-12,15H2,1-6H3,(H,30,35)/t17-,22-/m1/s1. The van der Waals surface area contributed by atoms with Crippen LogP contribution >= 0.6 is 0 Å². The second kappa shape index (κ2) is 10.3. The zero-order valence-electron chi connectivity index (χ0n) is 22.7. The van der Waals surface area contributed by atoms with Crippen molar-refractivity contribution in [1.82, 2.24) is 9.72 Å². The summed E-state index contributed by atoms with van der Waals surface area (Å²) in [5, 5.41) is 3.00. The predicted molar refractivity (Wildman–Crippen MR) is 140 cm³/mol. The number of nitrogens with one attached hydrogen (secondary N) is 1. The molecule has 0 bridgehead atoms. The molecule has 2 fully saturated rings. The zero-order valence-corrected chi connectivity index (χ0v) is 22.7. The maximum Gasteiger partial charge on any atom is 0.407 e. The van der Waals surface area contributed by atoms with Crippen LogP contribution in [0.2, 0.25) is 0 Å². The Morgan fingerprint density at radius 1 is 1.19 bits per heavy atom. The largest absolute Gasteiger partial charge is 0.462 e. The van der Waals surface area contributed by atoms with Crippen LogP contribution in [-0.4, -0.2) is 47.8 Å². The molecule has 2 aromatic rings. The number of fused-ring (bicyclic) bond motifs is 1. The minimum atomic E-state index is -0.691. The number of hydrogen-bond acceptors (Lipinski definition) is 6. The quantitative estimate of drug-likeness (QED) is 0.549. The van der Waals surface area contributed by atoms with Gasteiger partial charge in [-0.2, -0.15) is 0 Å². The number of halogens is 1. The number of esters is 1. The second-order valence-electron chi connectivity index (χ2n) is 11.1. The first kappa shape index (κ1) is 26.9. The molecule has 1 aliphatic carbocycles. The fourth-order valence-electron chi connectivity index (χ4n) is 5.41. The highest BCUT2D eigenvalue weighted by Gasteiger charge is 2.35. The van der Waals surface area contributed by atoms with Crippen molar-refractivity contribution >= 4 is 23.3 Å². The van der Waals surface area contributed by atoms with Gasteiger partial charge in [0.15, 0.2) is 5.82 Å². The molecular formula is C28H38FN3O5. The number of alkyl carbamates (subject to hydrolysis) is 1. The third-order valence-electron chi connectivity index (χ3n) is 7.25. The molecule has 0 radical (unpaired) electrons. The van der Waals surface area contributed by atoms with Crippen molar-refractivity contribution in [3.63, 3.8) is 0 Å². The molecule has 2 atom stereocenters. The first-order valence-electron chi connectivity index (χ1n) is 13.2. The Balaban J connectivity index is 1.74. The molecule has 0 unspecified atom stereocenters. The van der Waals surface area contributed by atoms with E-state index >= 15 is 4.39 Å². The second-order valence-corrected chi connectivity index (χ2v) is 11.1. The van der Waals surface area contributed by atoms with Crippen LogP contribution in [0.5, 0.6) is 0 Å². The van der Waals surface area contributed by atoms with E-state index in [1.165, 1.54) is 10.6 Å². The van der Waals surface area contributed by atoms with Crippen LogP contribution in [0.4, 0.5) is 14.9 Å². The molecule has 1 N–H and O–H groups in total. The molecule has 1 saturated heterocycles. The molecule has 0 spiro atoms. The predicted octanol–water partition coefficient (Wildman–Crippen LogP) is 4.93. The van der Waals surface area contributed by atoms with Crippen molar-refractivity contribution in [3.05, 3.63) is 45.1 Å². The number of anilines is 1. The Kier molecular flexibility index (Phi) is 7.53. The molecule has 0 aromatic carbocycles. The van der Waals surface area contributed by atoms with E-state index in [1.807, 2.05) is 32.6 Å². The summed E-state index contributed by atoms with van der Waals surface area (Å²) in [4.78, 5) is 40.2.